The number of halogens is 1. The summed E-state index contributed by atoms with van der Waals surface area (Å²) in [5, 5.41) is 0. The molecule has 2 heteroatoms. The van der Waals surface area contributed by atoms with E-state index in [1.54, 1.807) is 0 Å². The van der Waals surface area contributed by atoms with Crippen molar-refractivity contribution in [3.8, 4) is 0 Å². The van der Waals surface area contributed by atoms with E-state index in [9.17, 15) is 0 Å². The van der Waals surface area contributed by atoms with E-state index >= 15 is 0 Å². The highest BCUT2D eigenvalue weighted by molar-refractivity contribution is 14.1. The van der Waals surface area contributed by atoms with Crippen LogP contribution in [0.15, 0.2) is 48.5 Å². The molecule has 0 spiro atoms. The van der Waals surface area contributed by atoms with Gasteiger partial charge in [0.15, 0.2) is 0 Å². The molecular formula is C16H16IN. The lowest BCUT2D eigenvalue weighted by Gasteiger charge is -2.11. The molecule has 0 bridgehead atoms. The standard InChI is InChI=1S/C16H16IN/c1-18(2)16-10-8-13(9-11-16)6-7-14-4-3-5-15(17)12-14/h3-12H,1-2H3. The fourth-order valence-corrected chi connectivity index (χ4v) is 2.25. The molecule has 0 atom stereocenters. The molecule has 2 aromatic carbocycles. The lowest BCUT2D eigenvalue weighted by molar-refractivity contribution is 1.13. The molecule has 18 heavy (non-hydrogen) atoms. The first kappa shape index (κ1) is 13.1. The molecule has 0 saturated heterocycles. The normalized spacial score (nSPS) is 10.8. The maximum absolute atomic E-state index is 2.33. The Morgan fingerprint density at radius 2 is 1.56 bits per heavy atom. The summed E-state index contributed by atoms with van der Waals surface area (Å²) in [7, 11) is 4.10. The molecule has 2 rings (SSSR count). The highest BCUT2D eigenvalue weighted by Gasteiger charge is 1.94. The van der Waals surface area contributed by atoms with Gasteiger partial charge in [0, 0.05) is 23.4 Å². The van der Waals surface area contributed by atoms with Gasteiger partial charge in [-0.25, -0.2) is 0 Å². The first-order valence-corrected chi connectivity index (χ1v) is 6.94. The zero-order valence-electron chi connectivity index (χ0n) is 10.6. The van der Waals surface area contributed by atoms with Gasteiger partial charge in [0.05, 0.1) is 0 Å². The topological polar surface area (TPSA) is 3.24 Å². The van der Waals surface area contributed by atoms with Crippen molar-refractivity contribution in [3.05, 3.63) is 63.2 Å². The predicted octanol–water partition coefficient (Wildman–Crippen LogP) is 4.53. The van der Waals surface area contributed by atoms with Crippen molar-refractivity contribution in [1.29, 1.82) is 0 Å². The van der Waals surface area contributed by atoms with Gasteiger partial charge in [-0.15, -0.1) is 0 Å². The van der Waals surface area contributed by atoms with E-state index in [0.717, 1.165) is 0 Å². The van der Waals surface area contributed by atoms with E-state index in [-0.39, 0.29) is 0 Å². The lowest BCUT2D eigenvalue weighted by Crippen LogP contribution is -2.07. The summed E-state index contributed by atoms with van der Waals surface area (Å²) in [6.07, 6.45) is 4.29. The fraction of sp³-hybridized carbons (Fsp3) is 0.125. The van der Waals surface area contributed by atoms with Crippen molar-refractivity contribution >= 4 is 40.4 Å². The minimum Gasteiger partial charge on any atom is -0.378 e. The Labute approximate surface area is 122 Å². The Morgan fingerprint density at radius 3 is 2.17 bits per heavy atom. The monoisotopic (exact) mass is 349 g/mol. The summed E-state index contributed by atoms with van der Waals surface area (Å²) < 4.78 is 1.26. The third-order valence-corrected chi connectivity index (χ3v) is 3.40. The summed E-state index contributed by atoms with van der Waals surface area (Å²) in [5.41, 5.74) is 3.68. The summed E-state index contributed by atoms with van der Waals surface area (Å²) >= 11 is 2.33. The predicted molar refractivity (Wildman–Crippen MR) is 88.9 cm³/mol. The van der Waals surface area contributed by atoms with Crippen molar-refractivity contribution < 1.29 is 0 Å². The van der Waals surface area contributed by atoms with Crippen LogP contribution in [-0.2, 0) is 0 Å². The van der Waals surface area contributed by atoms with Crippen LogP contribution in [0.1, 0.15) is 11.1 Å². The van der Waals surface area contributed by atoms with Crippen LogP contribution < -0.4 is 4.90 Å². The van der Waals surface area contributed by atoms with Crippen LogP contribution >= 0.6 is 22.6 Å². The van der Waals surface area contributed by atoms with Crippen LogP contribution in [-0.4, -0.2) is 14.1 Å². The smallest absolute Gasteiger partial charge is 0.0361 e. The van der Waals surface area contributed by atoms with Crippen molar-refractivity contribution in [3.63, 3.8) is 0 Å². The first-order chi connectivity index (χ1) is 8.65. The SMILES string of the molecule is CN(C)c1ccc(C=Cc2cccc(I)c2)cc1. The van der Waals surface area contributed by atoms with E-state index in [1.807, 2.05) is 0 Å². The first-order valence-electron chi connectivity index (χ1n) is 5.86. The highest BCUT2D eigenvalue weighted by Crippen LogP contribution is 2.15. The van der Waals surface area contributed by atoms with E-state index < -0.39 is 0 Å². The summed E-state index contributed by atoms with van der Waals surface area (Å²) in [5.74, 6) is 0. The molecule has 0 aliphatic carbocycles. The zero-order valence-corrected chi connectivity index (χ0v) is 12.8. The quantitative estimate of drug-likeness (QED) is 0.581. The van der Waals surface area contributed by atoms with Gasteiger partial charge in [0.25, 0.3) is 0 Å². The second kappa shape index (κ2) is 6.05. The van der Waals surface area contributed by atoms with Crippen LogP contribution in [0, 0.1) is 3.57 Å². The number of hydrogen-bond donors (Lipinski definition) is 0. The van der Waals surface area contributed by atoms with E-state index in [4.69, 9.17) is 0 Å². The van der Waals surface area contributed by atoms with Gasteiger partial charge >= 0.3 is 0 Å². The molecule has 0 fully saturated rings. The molecule has 1 nitrogen and oxygen atoms in total. The van der Waals surface area contributed by atoms with Gasteiger partial charge in [-0.05, 0) is 58.0 Å². The maximum atomic E-state index is 2.33. The van der Waals surface area contributed by atoms with Crippen molar-refractivity contribution in [2.75, 3.05) is 19.0 Å². The summed E-state index contributed by atoms with van der Waals surface area (Å²) in [6, 6.07) is 17.0. The average molecular weight is 349 g/mol. The second-order valence-electron chi connectivity index (χ2n) is 4.37. The molecular weight excluding hydrogens is 333 g/mol. The molecule has 2 aromatic rings. The number of nitrogens with zero attached hydrogens (tertiary/aromatic N) is 1. The molecule has 0 aliphatic heterocycles. The molecule has 0 heterocycles. The number of rotatable bonds is 3. The van der Waals surface area contributed by atoms with E-state index in [0.29, 0.717) is 0 Å². The van der Waals surface area contributed by atoms with Crippen molar-refractivity contribution in [1.82, 2.24) is 0 Å². The van der Waals surface area contributed by atoms with Crippen LogP contribution in [0.3, 0.4) is 0 Å². The molecule has 0 saturated carbocycles. The van der Waals surface area contributed by atoms with Crippen LogP contribution in [0.25, 0.3) is 12.2 Å². The van der Waals surface area contributed by atoms with Gasteiger partial charge in [0.1, 0.15) is 0 Å². The Morgan fingerprint density at radius 1 is 0.889 bits per heavy atom. The Bertz CT molecular complexity index is 541. The van der Waals surface area contributed by atoms with Crippen LogP contribution in [0.5, 0.6) is 0 Å². The largest absolute Gasteiger partial charge is 0.378 e. The van der Waals surface area contributed by atoms with Crippen molar-refractivity contribution in [2.24, 2.45) is 0 Å². The average Bonchev–Trinajstić information content (AvgIpc) is 2.37. The molecule has 92 valence electrons. The number of anilines is 1. The minimum atomic E-state index is 1.22. The second-order valence-corrected chi connectivity index (χ2v) is 5.62. The van der Waals surface area contributed by atoms with Gasteiger partial charge < -0.3 is 4.90 Å². The maximum Gasteiger partial charge on any atom is 0.0361 e. The van der Waals surface area contributed by atoms with Crippen LogP contribution in [0.2, 0.25) is 0 Å². The summed E-state index contributed by atoms with van der Waals surface area (Å²) in [6.45, 7) is 0. The fourth-order valence-electron chi connectivity index (χ4n) is 1.69. The van der Waals surface area contributed by atoms with E-state index in [1.165, 1.54) is 20.4 Å². The zero-order chi connectivity index (χ0) is 13.0. The highest BCUT2D eigenvalue weighted by atomic mass is 127. The molecule has 0 unspecified atom stereocenters. The van der Waals surface area contributed by atoms with Crippen LogP contribution in [0.4, 0.5) is 5.69 Å². The lowest BCUT2D eigenvalue weighted by atomic mass is 10.1. The van der Waals surface area contributed by atoms with E-state index in [2.05, 4.69) is 102 Å². The summed E-state index contributed by atoms with van der Waals surface area (Å²) in [4.78, 5) is 2.10. The molecule has 0 N–H and O–H groups in total. The van der Waals surface area contributed by atoms with Gasteiger partial charge in [-0.3, -0.25) is 0 Å². The third kappa shape index (κ3) is 3.60. The minimum absolute atomic E-state index is 1.22. The van der Waals surface area contributed by atoms with Crippen molar-refractivity contribution in [2.45, 2.75) is 0 Å². The Kier molecular flexibility index (Phi) is 4.42. The number of benzene rings is 2. The Hall–Kier alpha value is -1.29. The molecule has 0 aromatic heterocycles. The van der Waals surface area contributed by atoms with Gasteiger partial charge in [-0.1, -0.05) is 36.4 Å². The third-order valence-electron chi connectivity index (χ3n) is 2.73. The van der Waals surface area contributed by atoms with Gasteiger partial charge in [0.2, 0.25) is 0 Å². The van der Waals surface area contributed by atoms with Gasteiger partial charge in [-0.2, -0.15) is 0 Å². The Balaban J connectivity index is 2.14. The molecule has 0 aliphatic rings. The molecule has 0 radical (unpaired) electrons. The molecule has 0 amide bonds. The number of hydrogen-bond acceptors (Lipinski definition) is 1.